The molecule has 2 fully saturated rings. The minimum Gasteiger partial charge on any atom is -0.457 e. The molecule has 1 heterocycles. The molecule has 0 amide bonds. The van der Waals surface area contributed by atoms with E-state index in [2.05, 4.69) is 16.9 Å². The van der Waals surface area contributed by atoms with Gasteiger partial charge in [-0.05, 0) is 44.4 Å². The summed E-state index contributed by atoms with van der Waals surface area (Å²) in [5.74, 6) is 0.861. The van der Waals surface area contributed by atoms with Crippen LogP contribution in [0.4, 0.5) is 0 Å². The molecule has 0 bridgehead atoms. The van der Waals surface area contributed by atoms with E-state index in [-0.39, 0.29) is 17.6 Å². The standard InChI is InChI=1S/C15H23N3O2/c1-10-5-2-3-6-12(10)20-13(19)11-9-17-14(18-11)15(16)7-4-8-15/h9-10,12H,2-8,16H2,1H3,(H,17,18). The summed E-state index contributed by atoms with van der Waals surface area (Å²) >= 11 is 0. The largest absolute Gasteiger partial charge is 0.457 e. The zero-order valence-electron chi connectivity index (χ0n) is 12.0. The molecule has 1 aromatic rings. The van der Waals surface area contributed by atoms with Gasteiger partial charge in [-0.15, -0.1) is 0 Å². The van der Waals surface area contributed by atoms with Gasteiger partial charge in [0.25, 0.3) is 0 Å². The lowest BCUT2D eigenvalue weighted by Crippen LogP contribution is -2.44. The van der Waals surface area contributed by atoms with Crippen molar-refractivity contribution in [2.75, 3.05) is 0 Å². The third-order valence-corrected chi connectivity index (χ3v) is 4.80. The zero-order chi connectivity index (χ0) is 14.2. The van der Waals surface area contributed by atoms with Crippen LogP contribution in [0.15, 0.2) is 6.20 Å². The summed E-state index contributed by atoms with van der Waals surface area (Å²) < 4.78 is 5.62. The summed E-state index contributed by atoms with van der Waals surface area (Å²) in [6.07, 6.45) is 9.05. The van der Waals surface area contributed by atoms with Crippen LogP contribution in [0.25, 0.3) is 0 Å². The minimum absolute atomic E-state index is 0.0403. The highest BCUT2D eigenvalue weighted by atomic mass is 16.5. The van der Waals surface area contributed by atoms with Gasteiger partial charge in [-0.25, -0.2) is 9.78 Å². The number of esters is 1. The summed E-state index contributed by atoms with van der Waals surface area (Å²) in [7, 11) is 0. The Morgan fingerprint density at radius 1 is 1.40 bits per heavy atom. The molecule has 20 heavy (non-hydrogen) atoms. The van der Waals surface area contributed by atoms with E-state index in [0.717, 1.165) is 38.5 Å². The van der Waals surface area contributed by atoms with E-state index in [4.69, 9.17) is 10.5 Å². The maximum absolute atomic E-state index is 12.2. The summed E-state index contributed by atoms with van der Waals surface area (Å²) in [5.41, 5.74) is 6.26. The van der Waals surface area contributed by atoms with Crippen molar-refractivity contribution in [2.45, 2.75) is 63.5 Å². The van der Waals surface area contributed by atoms with E-state index < -0.39 is 0 Å². The quantitative estimate of drug-likeness (QED) is 0.832. The Labute approximate surface area is 119 Å². The summed E-state index contributed by atoms with van der Waals surface area (Å²) in [6, 6.07) is 0. The Balaban J connectivity index is 1.65. The van der Waals surface area contributed by atoms with Crippen molar-refractivity contribution in [1.29, 1.82) is 0 Å². The number of nitrogens with zero attached hydrogens (tertiary/aromatic N) is 1. The third-order valence-electron chi connectivity index (χ3n) is 4.80. The van der Waals surface area contributed by atoms with Crippen LogP contribution in [0, 0.1) is 5.92 Å². The van der Waals surface area contributed by atoms with Crippen molar-refractivity contribution < 1.29 is 9.53 Å². The lowest BCUT2D eigenvalue weighted by Gasteiger charge is -2.35. The highest BCUT2D eigenvalue weighted by Crippen LogP contribution is 2.37. The molecule has 0 aromatic carbocycles. The molecule has 2 unspecified atom stereocenters. The molecule has 1 aromatic heterocycles. The number of ether oxygens (including phenoxy) is 1. The van der Waals surface area contributed by atoms with Crippen LogP contribution >= 0.6 is 0 Å². The number of hydrogen-bond donors (Lipinski definition) is 2. The molecule has 2 saturated carbocycles. The molecule has 0 saturated heterocycles. The minimum atomic E-state index is -0.364. The van der Waals surface area contributed by atoms with Crippen molar-refractivity contribution in [3.05, 3.63) is 17.7 Å². The molecule has 5 heteroatoms. The molecular weight excluding hydrogens is 254 g/mol. The average Bonchev–Trinajstić information content (AvgIpc) is 2.88. The van der Waals surface area contributed by atoms with E-state index in [1.165, 1.54) is 6.42 Å². The van der Waals surface area contributed by atoms with Crippen LogP contribution in [0.2, 0.25) is 0 Å². The summed E-state index contributed by atoms with van der Waals surface area (Å²) in [6.45, 7) is 2.15. The fourth-order valence-corrected chi connectivity index (χ4v) is 3.13. The highest BCUT2D eigenvalue weighted by Gasteiger charge is 2.37. The smallest absolute Gasteiger partial charge is 0.356 e. The van der Waals surface area contributed by atoms with Gasteiger partial charge in [0.2, 0.25) is 0 Å². The normalized spacial score (nSPS) is 28.7. The Bertz CT molecular complexity index is 493. The van der Waals surface area contributed by atoms with Gasteiger partial charge in [0.1, 0.15) is 17.6 Å². The SMILES string of the molecule is CC1CCCCC1OC(=O)c1cnc(C2(N)CCC2)[nH]1. The average molecular weight is 277 g/mol. The fraction of sp³-hybridized carbons (Fsp3) is 0.733. The second-order valence-corrected chi connectivity index (χ2v) is 6.36. The predicted octanol–water partition coefficient (Wildman–Crippen LogP) is 2.48. The van der Waals surface area contributed by atoms with Gasteiger partial charge in [-0.1, -0.05) is 13.3 Å². The number of nitrogens with two attached hydrogens (primary N) is 1. The number of carbonyl (C=O) groups is 1. The molecule has 3 N–H and O–H groups in total. The number of aromatic amines is 1. The van der Waals surface area contributed by atoms with Gasteiger partial charge in [-0.3, -0.25) is 0 Å². The fourth-order valence-electron chi connectivity index (χ4n) is 3.13. The Kier molecular flexibility index (Phi) is 3.54. The first-order valence-corrected chi connectivity index (χ1v) is 7.64. The van der Waals surface area contributed by atoms with E-state index in [9.17, 15) is 4.79 Å². The Morgan fingerprint density at radius 2 is 2.15 bits per heavy atom. The van der Waals surface area contributed by atoms with Gasteiger partial charge in [-0.2, -0.15) is 0 Å². The van der Waals surface area contributed by atoms with Crippen LogP contribution in [0.5, 0.6) is 0 Å². The molecule has 0 radical (unpaired) electrons. The second kappa shape index (κ2) is 5.20. The molecule has 0 aliphatic heterocycles. The van der Waals surface area contributed by atoms with E-state index in [0.29, 0.717) is 17.4 Å². The zero-order valence-corrected chi connectivity index (χ0v) is 12.0. The molecule has 5 nitrogen and oxygen atoms in total. The summed E-state index contributed by atoms with van der Waals surface area (Å²) in [5, 5.41) is 0. The first-order chi connectivity index (χ1) is 9.58. The van der Waals surface area contributed by atoms with Gasteiger partial charge in [0, 0.05) is 0 Å². The van der Waals surface area contributed by atoms with Crippen LogP contribution in [-0.2, 0) is 10.3 Å². The molecule has 2 aliphatic rings. The van der Waals surface area contributed by atoms with Gasteiger partial charge in [0.15, 0.2) is 0 Å². The number of hydrogen-bond acceptors (Lipinski definition) is 4. The summed E-state index contributed by atoms with van der Waals surface area (Å²) in [4.78, 5) is 19.5. The molecule has 2 aliphatic carbocycles. The molecular formula is C15H23N3O2. The highest BCUT2D eigenvalue weighted by molar-refractivity contribution is 5.87. The maximum atomic E-state index is 12.2. The molecule has 2 atom stereocenters. The number of carbonyl (C=O) groups excluding carboxylic acids is 1. The number of H-pyrrole nitrogens is 1. The van der Waals surface area contributed by atoms with Crippen LogP contribution in [0.3, 0.4) is 0 Å². The van der Waals surface area contributed by atoms with Crippen LogP contribution < -0.4 is 5.73 Å². The van der Waals surface area contributed by atoms with Crippen LogP contribution in [0.1, 0.15) is 68.2 Å². The Morgan fingerprint density at radius 3 is 2.80 bits per heavy atom. The van der Waals surface area contributed by atoms with E-state index in [1.54, 1.807) is 6.20 Å². The van der Waals surface area contributed by atoms with Crippen molar-refractivity contribution in [2.24, 2.45) is 11.7 Å². The van der Waals surface area contributed by atoms with Crippen molar-refractivity contribution in [3.8, 4) is 0 Å². The number of rotatable bonds is 3. The van der Waals surface area contributed by atoms with Gasteiger partial charge in [0.05, 0.1) is 11.7 Å². The monoisotopic (exact) mass is 277 g/mol. The van der Waals surface area contributed by atoms with Crippen molar-refractivity contribution in [3.63, 3.8) is 0 Å². The lowest BCUT2D eigenvalue weighted by atomic mass is 9.77. The first kappa shape index (κ1) is 13.6. The maximum Gasteiger partial charge on any atom is 0.356 e. The molecule has 0 spiro atoms. The van der Waals surface area contributed by atoms with Gasteiger partial charge < -0.3 is 15.5 Å². The number of imidazole rings is 1. The molecule has 3 rings (SSSR count). The van der Waals surface area contributed by atoms with Crippen molar-refractivity contribution in [1.82, 2.24) is 9.97 Å². The Hall–Kier alpha value is -1.36. The van der Waals surface area contributed by atoms with E-state index >= 15 is 0 Å². The first-order valence-electron chi connectivity index (χ1n) is 7.64. The number of nitrogens with one attached hydrogen (secondary N) is 1. The lowest BCUT2D eigenvalue weighted by molar-refractivity contribution is 0.00422. The second-order valence-electron chi connectivity index (χ2n) is 6.36. The van der Waals surface area contributed by atoms with E-state index in [1.807, 2.05) is 0 Å². The van der Waals surface area contributed by atoms with Gasteiger partial charge >= 0.3 is 5.97 Å². The third kappa shape index (κ3) is 2.46. The molecule has 110 valence electrons. The predicted molar refractivity (Wildman–Crippen MR) is 75.1 cm³/mol. The van der Waals surface area contributed by atoms with Crippen molar-refractivity contribution >= 4 is 5.97 Å². The topological polar surface area (TPSA) is 81.0 Å². The van der Waals surface area contributed by atoms with Crippen LogP contribution in [-0.4, -0.2) is 22.0 Å². The number of aromatic nitrogens is 2.